The Balaban J connectivity index is 1.34. The lowest BCUT2D eigenvalue weighted by atomic mass is 9.83. The van der Waals surface area contributed by atoms with Crippen LogP contribution in [0.3, 0.4) is 0 Å². The summed E-state index contributed by atoms with van der Waals surface area (Å²) >= 11 is 0. The van der Waals surface area contributed by atoms with E-state index in [2.05, 4.69) is 20.5 Å². The number of amides is 1. The molecule has 21 heavy (non-hydrogen) atoms. The lowest BCUT2D eigenvalue weighted by Crippen LogP contribution is -2.53. The number of carbonyl (C=O) groups is 1. The van der Waals surface area contributed by atoms with Gasteiger partial charge >= 0.3 is 0 Å². The van der Waals surface area contributed by atoms with Gasteiger partial charge in [-0.25, -0.2) is 4.68 Å². The molecule has 2 aromatic heterocycles. The lowest BCUT2D eigenvalue weighted by molar-refractivity contribution is -0.144. The monoisotopic (exact) mass is 287 g/mol. The third kappa shape index (κ3) is 2.30. The zero-order chi connectivity index (χ0) is 14.2. The van der Waals surface area contributed by atoms with E-state index in [1.54, 1.807) is 17.2 Å². The van der Waals surface area contributed by atoms with Crippen molar-refractivity contribution >= 4 is 5.91 Å². The molecule has 8 nitrogen and oxygen atoms in total. The largest absolute Gasteiger partial charge is 0.338 e. The maximum Gasteiger partial charge on any atom is 0.225 e. The van der Waals surface area contributed by atoms with Crippen LogP contribution in [0.1, 0.15) is 31.0 Å². The lowest BCUT2D eigenvalue weighted by Gasteiger charge is -2.42. The molecule has 0 bridgehead atoms. The summed E-state index contributed by atoms with van der Waals surface area (Å²) in [6, 6.07) is 0.251. The van der Waals surface area contributed by atoms with Gasteiger partial charge in [-0.1, -0.05) is 11.6 Å². The van der Waals surface area contributed by atoms with Gasteiger partial charge in [0.25, 0.3) is 0 Å². The van der Waals surface area contributed by atoms with Crippen LogP contribution < -0.4 is 0 Å². The summed E-state index contributed by atoms with van der Waals surface area (Å²) in [6.07, 6.45) is 8.51. The van der Waals surface area contributed by atoms with Gasteiger partial charge in [0.15, 0.2) is 0 Å². The average Bonchev–Trinajstić information content (AvgIpc) is 2.97. The van der Waals surface area contributed by atoms with Crippen molar-refractivity contribution in [1.82, 2.24) is 34.9 Å². The Hall–Kier alpha value is -2.25. The summed E-state index contributed by atoms with van der Waals surface area (Å²) in [5.74, 6) is 0.599. The first-order valence-electron chi connectivity index (χ1n) is 7.33. The van der Waals surface area contributed by atoms with Crippen LogP contribution in [0, 0.1) is 5.92 Å². The molecule has 2 fully saturated rings. The molecule has 1 aliphatic carbocycles. The second-order valence-electron chi connectivity index (χ2n) is 5.77. The summed E-state index contributed by atoms with van der Waals surface area (Å²) in [5.41, 5.74) is 0.829. The molecule has 0 spiro atoms. The van der Waals surface area contributed by atoms with Gasteiger partial charge in [0.05, 0.1) is 24.6 Å². The average molecular weight is 287 g/mol. The molecule has 2 aliphatic rings. The standard InChI is InChI=1S/C13H17N7O/c21-13(10-2-1-3-10)18-8-12(9-18)19-6-11(16-17-19)7-20-14-4-5-15-20/h4-6,10,12H,1-3,7-9H2. The SMILES string of the molecule is O=C(C1CCC1)N1CC(n2cc(Cn3nccn3)nn2)C1. The molecular weight excluding hydrogens is 270 g/mol. The van der Waals surface area contributed by atoms with E-state index in [1.807, 2.05) is 15.8 Å². The second kappa shape index (κ2) is 4.94. The first-order chi connectivity index (χ1) is 10.3. The van der Waals surface area contributed by atoms with Crippen LogP contribution in [0.25, 0.3) is 0 Å². The van der Waals surface area contributed by atoms with Crippen molar-refractivity contribution in [2.24, 2.45) is 5.92 Å². The fourth-order valence-electron chi connectivity index (χ4n) is 2.75. The molecule has 1 saturated carbocycles. The van der Waals surface area contributed by atoms with Crippen LogP contribution in [-0.2, 0) is 11.3 Å². The van der Waals surface area contributed by atoms with Crippen LogP contribution >= 0.6 is 0 Å². The minimum atomic E-state index is 0.251. The number of likely N-dealkylation sites (tertiary alicyclic amines) is 1. The fourth-order valence-corrected chi connectivity index (χ4v) is 2.75. The predicted octanol–water partition coefficient (Wildman–Crippen LogP) is 0.101. The third-order valence-corrected chi connectivity index (χ3v) is 4.33. The quantitative estimate of drug-likeness (QED) is 0.796. The molecule has 4 rings (SSSR count). The molecule has 0 aromatic carbocycles. The van der Waals surface area contributed by atoms with E-state index in [0.717, 1.165) is 31.6 Å². The number of carbonyl (C=O) groups excluding carboxylic acids is 1. The Kier molecular flexibility index (Phi) is 2.94. The molecule has 0 N–H and O–H groups in total. The summed E-state index contributed by atoms with van der Waals surface area (Å²) < 4.78 is 1.85. The van der Waals surface area contributed by atoms with Gasteiger partial charge in [-0.05, 0) is 12.8 Å². The molecule has 8 heteroatoms. The number of hydrogen-bond donors (Lipinski definition) is 0. The Morgan fingerprint density at radius 3 is 2.67 bits per heavy atom. The topological polar surface area (TPSA) is 81.7 Å². The fraction of sp³-hybridized carbons (Fsp3) is 0.615. The summed E-state index contributed by atoms with van der Waals surface area (Å²) in [5, 5.41) is 16.4. The first-order valence-corrected chi connectivity index (χ1v) is 7.33. The number of aromatic nitrogens is 6. The first kappa shape index (κ1) is 12.5. The van der Waals surface area contributed by atoms with Crippen LogP contribution in [0.2, 0.25) is 0 Å². The van der Waals surface area contributed by atoms with Crippen LogP contribution in [0.4, 0.5) is 0 Å². The zero-order valence-electron chi connectivity index (χ0n) is 11.7. The van der Waals surface area contributed by atoms with E-state index in [9.17, 15) is 4.79 Å². The highest BCUT2D eigenvalue weighted by atomic mass is 16.2. The molecule has 3 heterocycles. The Labute approximate surface area is 121 Å². The van der Waals surface area contributed by atoms with Gasteiger partial charge in [0, 0.05) is 19.0 Å². The smallest absolute Gasteiger partial charge is 0.225 e. The van der Waals surface area contributed by atoms with Crippen molar-refractivity contribution in [2.45, 2.75) is 31.8 Å². The van der Waals surface area contributed by atoms with Crippen molar-refractivity contribution in [3.05, 3.63) is 24.3 Å². The number of rotatable bonds is 4. The van der Waals surface area contributed by atoms with Crippen LogP contribution in [-0.4, -0.2) is 53.9 Å². The highest BCUT2D eigenvalue weighted by Gasteiger charge is 2.37. The highest BCUT2D eigenvalue weighted by molar-refractivity contribution is 5.80. The number of hydrogen-bond acceptors (Lipinski definition) is 5. The van der Waals surface area contributed by atoms with Crippen molar-refractivity contribution in [3.63, 3.8) is 0 Å². The van der Waals surface area contributed by atoms with Crippen LogP contribution in [0.15, 0.2) is 18.6 Å². The van der Waals surface area contributed by atoms with Crippen molar-refractivity contribution in [1.29, 1.82) is 0 Å². The highest BCUT2D eigenvalue weighted by Crippen LogP contribution is 2.31. The van der Waals surface area contributed by atoms with Crippen LogP contribution in [0.5, 0.6) is 0 Å². The molecule has 0 unspecified atom stereocenters. The van der Waals surface area contributed by atoms with Gasteiger partial charge in [-0.15, -0.1) is 5.10 Å². The van der Waals surface area contributed by atoms with Crippen molar-refractivity contribution in [3.8, 4) is 0 Å². The Morgan fingerprint density at radius 1 is 1.24 bits per heavy atom. The molecule has 2 aromatic rings. The zero-order valence-corrected chi connectivity index (χ0v) is 11.7. The number of nitrogens with zero attached hydrogens (tertiary/aromatic N) is 7. The van der Waals surface area contributed by atoms with E-state index >= 15 is 0 Å². The molecule has 0 radical (unpaired) electrons. The van der Waals surface area contributed by atoms with Gasteiger partial charge in [-0.3, -0.25) is 4.79 Å². The third-order valence-electron chi connectivity index (χ3n) is 4.33. The summed E-state index contributed by atoms with van der Waals surface area (Å²) in [7, 11) is 0. The van der Waals surface area contributed by atoms with E-state index in [4.69, 9.17) is 0 Å². The van der Waals surface area contributed by atoms with E-state index in [1.165, 1.54) is 6.42 Å². The minimum Gasteiger partial charge on any atom is -0.338 e. The van der Waals surface area contributed by atoms with Crippen molar-refractivity contribution < 1.29 is 4.79 Å². The van der Waals surface area contributed by atoms with E-state index in [0.29, 0.717) is 12.5 Å². The molecule has 0 atom stereocenters. The molecule has 110 valence electrons. The van der Waals surface area contributed by atoms with Gasteiger partial charge in [0.2, 0.25) is 5.91 Å². The van der Waals surface area contributed by atoms with E-state index in [-0.39, 0.29) is 12.0 Å². The molecule has 1 aliphatic heterocycles. The summed E-state index contributed by atoms with van der Waals surface area (Å²) in [4.78, 5) is 15.6. The normalized spacial score (nSPS) is 19.3. The summed E-state index contributed by atoms with van der Waals surface area (Å²) in [6.45, 7) is 2.01. The van der Waals surface area contributed by atoms with E-state index < -0.39 is 0 Å². The molecule has 1 saturated heterocycles. The Bertz CT molecular complexity index is 625. The predicted molar refractivity (Wildman–Crippen MR) is 72.1 cm³/mol. The van der Waals surface area contributed by atoms with Gasteiger partial charge < -0.3 is 4.90 Å². The minimum absolute atomic E-state index is 0.251. The van der Waals surface area contributed by atoms with Crippen molar-refractivity contribution in [2.75, 3.05) is 13.1 Å². The maximum atomic E-state index is 12.1. The maximum absolute atomic E-state index is 12.1. The molecular formula is C13H17N7O. The van der Waals surface area contributed by atoms with Gasteiger partial charge in [0.1, 0.15) is 12.2 Å². The second-order valence-corrected chi connectivity index (χ2v) is 5.77. The Morgan fingerprint density at radius 2 is 2.00 bits per heavy atom. The van der Waals surface area contributed by atoms with Gasteiger partial charge in [-0.2, -0.15) is 15.0 Å². The molecule has 1 amide bonds.